The predicted molar refractivity (Wildman–Crippen MR) is 162 cm³/mol. The number of nitriles is 1. The quantitative estimate of drug-likeness (QED) is 0.244. The average molecular weight is 573 g/mol. The van der Waals surface area contributed by atoms with Gasteiger partial charge in [0, 0.05) is 24.1 Å². The monoisotopic (exact) mass is 572 g/mol. The Kier molecular flexibility index (Phi) is 10.8. The van der Waals surface area contributed by atoms with Gasteiger partial charge in [0.15, 0.2) is 0 Å². The van der Waals surface area contributed by atoms with Crippen LogP contribution >= 0.6 is 0 Å². The van der Waals surface area contributed by atoms with E-state index in [1.54, 1.807) is 35.2 Å². The Hall–Kier alpha value is -3.65. The number of nitrogens with zero attached hydrogens (tertiary/aromatic N) is 4. The van der Waals surface area contributed by atoms with Gasteiger partial charge in [0.25, 0.3) is 5.91 Å². The highest BCUT2D eigenvalue weighted by molar-refractivity contribution is 6.41. The van der Waals surface area contributed by atoms with Gasteiger partial charge in [0.2, 0.25) is 0 Å². The lowest BCUT2D eigenvalue weighted by Crippen LogP contribution is -2.48. The van der Waals surface area contributed by atoms with E-state index in [4.69, 9.17) is 4.74 Å². The summed E-state index contributed by atoms with van der Waals surface area (Å²) in [6.07, 6.45) is 5.55. The highest BCUT2D eigenvalue weighted by Gasteiger charge is 2.35. The fourth-order valence-corrected chi connectivity index (χ4v) is 5.98. The lowest BCUT2D eigenvalue weighted by Gasteiger charge is -2.37. The Balaban J connectivity index is 1.54. The van der Waals surface area contributed by atoms with Crippen LogP contribution in [0.3, 0.4) is 0 Å². The highest BCUT2D eigenvalue weighted by atomic mass is 16.6. The number of amides is 2. The van der Waals surface area contributed by atoms with Crippen LogP contribution in [0.1, 0.15) is 57.6 Å². The van der Waals surface area contributed by atoms with Gasteiger partial charge in [-0.15, -0.1) is 0 Å². The number of para-hydroxylation sites is 1. The summed E-state index contributed by atoms with van der Waals surface area (Å²) >= 11 is 0. The summed E-state index contributed by atoms with van der Waals surface area (Å²) in [4.78, 5) is 32.8. The van der Waals surface area contributed by atoms with E-state index >= 15 is 0 Å². The molecule has 4 rings (SSSR count). The molecule has 42 heavy (non-hydrogen) atoms. The zero-order chi connectivity index (χ0) is 30.1. The number of carbonyl (C=O) groups excluding carboxylic acids is 2. The Labute approximate surface area is 249 Å². The topological polar surface area (TPSA) is 117 Å². The summed E-state index contributed by atoms with van der Waals surface area (Å²) in [6.45, 7) is 6.38. The number of rotatable bonds is 10. The molecule has 2 aromatic carbocycles. The zero-order valence-electron chi connectivity index (χ0n) is 24.6. The minimum absolute atomic E-state index is 0.0364. The van der Waals surface area contributed by atoms with Crippen LogP contribution < -0.4 is 4.90 Å². The van der Waals surface area contributed by atoms with Gasteiger partial charge in [0.1, 0.15) is 18.2 Å². The Bertz CT molecular complexity index is 1260. The van der Waals surface area contributed by atoms with Crippen molar-refractivity contribution >= 4 is 24.8 Å². The summed E-state index contributed by atoms with van der Waals surface area (Å²) < 4.78 is 5.88. The molecule has 10 heteroatoms. The van der Waals surface area contributed by atoms with E-state index in [1.165, 1.54) is 4.90 Å². The molecule has 2 heterocycles. The molecular formula is C32H41BN4O5. The second kappa shape index (κ2) is 14.5. The van der Waals surface area contributed by atoms with Crippen molar-refractivity contribution in [3.05, 3.63) is 77.9 Å². The van der Waals surface area contributed by atoms with E-state index in [9.17, 15) is 24.9 Å². The Morgan fingerprint density at radius 3 is 2.29 bits per heavy atom. The minimum Gasteiger partial charge on any atom is -0.447 e. The van der Waals surface area contributed by atoms with Crippen molar-refractivity contribution in [2.75, 3.05) is 31.1 Å². The molecular weight excluding hydrogens is 531 g/mol. The van der Waals surface area contributed by atoms with Gasteiger partial charge < -0.3 is 19.7 Å². The van der Waals surface area contributed by atoms with Gasteiger partial charge in [-0.3, -0.25) is 14.6 Å². The fourth-order valence-electron chi connectivity index (χ4n) is 5.98. The molecule has 2 saturated heterocycles. The van der Waals surface area contributed by atoms with Crippen molar-refractivity contribution < 1.29 is 24.4 Å². The van der Waals surface area contributed by atoms with E-state index < -0.39 is 24.8 Å². The van der Waals surface area contributed by atoms with E-state index in [0.29, 0.717) is 18.7 Å². The molecule has 0 saturated carbocycles. The van der Waals surface area contributed by atoms with Crippen LogP contribution in [-0.4, -0.2) is 76.8 Å². The van der Waals surface area contributed by atoms with Crippen LogP contribution in [0.5, 0.6) is 0 Å². The Morgan fingerprint density at radius 1 is 1.05 bits per heavy atom. The van der Waals surface area contributed by atoms with E-state index in [0.717, 1.165) is 44.3 Å². The maximum atomic E-state index is 13.8. The van der Waals surface area contributed by atoms with Crippen LogP contribution in [0.2, 0.25) is 6.32 Å². The summed E-state index contributed by atoms with van der Waals surface area (Å²) in [5.41, 5.74) is 0.962. The number of benzene rings is 2. The molecule has 0 unspecified atom stereocenters. The predicted octanol–water partition coefficient (Wildman–Crippen LogP) is 4.55. The van der Waals surface area contributed by atoms with Crippen molar-refractivity contribution in [1.29, 1.82) is 5.26 Å². The molecule has 9 nitrogen and oxygen atoms in total. The van der Waals surface area contributed by atoms with Crippen molar-refractivity contribution in [3.63, 3.8) is 0 Å². The molecule has 0 radical (unpaired) electrons. The largest absolute Gasteiger partial charge is 0.453 e. The van der Waals surface area contributed by atoms with Gasteiger partial charge >= 0.3 is 13.2 Å². The number of piperidine rings is 1. The molecule has 0 bridgehead atoms. The molecule has 2 aliphatic rings. The van der Waals surface area contributed by atoms with Crippen molar-refractivity contribution in [3.8, 4) is 6.07 Å². The summed E-state index contributed by atoms with van der Waals surface area (Å²) in [7, 11) is -1.65. The van der Waals surface area contributed by atoms with E-state index in [-0.39, 0.29) is 30.4 Å². The van der Waals surface area contributed by atoms with Gasteiger partial charge in [-0.05, 0) is 82.8 Å². The third kappa shape index (κ3) is 7.79. The highest BCUT2D eigenvalue weighted by Crippen LogP contribution is 2.32. The molecule has 2 aliphatic heterocycles. The number of ether oxygens (including phenoxy) is 1. The molecule has 0 aromatic heterocycles. The van der Waals surface area contributed by atoms with Crippen LogP contribution in [0.25, 0.3) is 0 Å². The van der Waals surface area contributed by atoms with Crippen molar-refractivity contribution in [2.45, 2.75) is 69.9 Å². The third-order valence-electron chi connectivity index (χ3n) is 8.22. The van der Waals surface area contributed by atoms with Crippen LogP contribution in [0, 0.1) is 11.3 Å². The molecule has 222 valence electrons. The maximum absolute atomic E-state index is 13.8. The molecule has 2 amide bonds. The van der Waals surface area contributed by atoms with Crippen molar-refractivity contribution in [1.82, 2.24) is 9.80 Å². The van der Waals surface area contributed by atoms with E-state index in [1.807, 2.05) is 50.2 Å². The molecule has 0 spiro atoms. The maximum Gasteiger partial charge on any atom is 0.453 e. The lowest BCUT2D eigenvalue weighted by atomic mass is 9.78. The van der Waals surface area contributed by atoms with Gasteiger partial charge in [-0.25, -0.2) is 4.79 Å². The molecule has 2 atom stereocenters. The molecule has 2 fully saturated rings. The molecule has 0 aliphatic carbocycles. The minimum atomic E-state index is -1.65. The Morgan fingerprint density at radius 2 is 1.67 bits per heavy atom. The second-order valence-electron chi connectivity index (χ2n) is 11.6. The summed E-state index contributed by atoms with van der Waals surface area (Å²) in [5, 5.41) is 29.8. The summed E-state index contributed by atoms with van der Waals surface area (Å²) in [5.74, 6) is -0.337. The zero-order valence-corrected chi connectivity index (χ0v) is 24.6. The second-order valence-corrected chi connectivity index (χ2v) is 11.6. The van der Waals surface area contributed by atoms with Gasteiger partial charge in [-0.1, -0.05) is 48.5 Å². The van der Waals surface area contributed by atoms with Crippen LogP contribution in [0.15, 0.2) is 72.3 Å². The van der Waals surface area contributed by atoms with E-state index in [2.05, 4.69) is 11.0 Å². The first-order valence-electron chi connectivity index (χ1n) is 14.8. The lowest BCUT2D eigenvalue weighted by molar-refractivity contribution is -0.131. The first kappa shape index (κ1) is 31.3. The van der Waals surface area contributed by atoms with Gasteiger partial charge in [-0.2, -0.15) is 5.26 Å². The SMILES string of the molecule is CC(C)(C=C(C#N)C(=O)N1CCCC[C@@H]1COC(=O)N(c1ccccc1)[C@H](CB(O)O)c1ccccc1)N1CCCC1. The normalized spacial score (nSPS) is 18.7. The number of carbonyl (C=O) groups is 2. The summed E-state index contributed by atoms with van der Waals surface area (Å²) in [6, 6.07) is 19.2. The number of anilines is 1. The first-order valence-corrected chi connectivity index (χ1v) is 14.8. The number of hydrogen-bond acceptors (Lipinski definition) is 7. The fraction of sp³-hybridized carbons (Fsp3) is 0.469. The smallest absolute Gasteiger partial charge is 0.447 e. The van der Waals surface area contributed by atoms with Crippen LogP contribution in [0.4, 0.5) is 10.5 Å². The van der Waals surface area contributed by atoms with Crippen molar-refractivity contribution in [2.24, 2.45) is 0 Å². The average Bonchev–Trinajstić information content (AvgIpc) is 3.56. The first-order chi connectivity index (χ1) is 20.2. The van der Waals surface area contributed by atoms with Crippen LogP contribution in [-0.2, 0) is 9.53 Å². The molecule has 2 aromatic rings. The van der Waals surface area contributed by atoms with Gasteiger partial charge in [0.05, 0.1) is 12.1 Å². The standard InChI is InChI=1S/C32H41BN4O5/c1-32(2,35-18-11-12-19-35)21-26(23-34)30(38)36-20-10-9-17-28(36)24-42-31(39)37(27-15-7-4-8-16-27)29(22-33(40)41)25-13-5-3-6-14-25/h3-8,13-16,21,28-29,40-41H,9-12,17-20,22,24H2,1-2H3/t28-,29-/m1/s1. The molecule has 2 N–H and O–H groups in total. The number of hydrogen-bond donors (Lipinski definition) is 2. The number of likely N-dealkylation sites (tertiary alicyclic amines) is 2. The third-order valence-corrected chi connectivity index (χ3v) is 8.22.